The number of nitrogens with one attached hydrogen (secondary N) is 1. The average Bonchev–Trinajstić information content (AvgIpc) is 3.10. The standard InChI is InChI=1S/C21H19FN2O4S/c1-3-27-17-7-5-4-6-16(17)24-18(25)12-28-21(26)19-13(2)23-20(29-19)14-8-10-15(22)11-9-14/h4-11H,3,12H2,1-2H3,(H,24,25). The maximum atomic E-state index is 13.1. The zero-order valence-electron chi connectivity index (χ0n) is 15.9. The highest BCUT2D eigenvalue weighted by Gasteiger charge is 2.19. The normalized spacial score (nSPS) is 10.4. The molecule has 0 bridgehead atoms. The fourth-order valence-corrected chi connectivity index (χ4v) is 3.50. The number of aromatic nitrogens is 1. The summed E-state index contributed by atoms with van der Waals surface area (Å²) in [6, 6.07) is 12.8. The summed E-state index contributed by atoms with van der Waals surface area (Å²) in [6.07, 6.45) is 0. The van der Waals surface area contributed by atoms with Gasteiger partial charge in [-0.05, 0) is 50.2 Å². The highest BCUT2D eigenvalue weighted by molar-refractivity contribution is 7.17. The van der Waals surface area contributed by atoms with E-state index in [1.54, 1.807) is 43.3 Å². The van der Waals surface area contributed by atoms with Crippen molar-refractivity contribution in [2.24, 2.45) is 0 Å². The molecule has 3 aromatic rings. The highest BCUT2D eigenvalue weighted by Crippen LogP contribution is 2.28. The number of thiazole rings is 1. The molecule has 2 aromatic carbocycles. The van der Waals surface area contributed by atoms with Crippen molar-refractivity contribution in [2.45, 2.75) is 13.8 Å². The molecule has 0 aliphatic heterocycles. The molecule has 0 atom stereocenters. The van der Waals surface area contributed by atoms with Gasteiger partial charge in [-0.1, -0.05) is 12.1 Å². The summed E-state index contributed by atoms with van der Waals surface area (Å²) in [5.74, 6) is -0.927. The molecule has 0 saturated carbocycles. The molecule has 0 aliphatic rings. The minimum absolute atomic E-state index is 0.298. The summed E-state index contributed by atoms with van der Waals surface area (Å²) in [7, 11) is 0. The molecule has 0 aliphatic carbocycles. The molecule has 29 heavy (non-hydrogen) atoms. The van der Waals surface area contributed by atoms with Gasteiger partial charge in [0.05, 0.1) is 18.0 Å². The minimum atomic E-state index is -0.637. The molecule has 1 amide bonds. The predicted octanol–water partition coefficient (Wildman–Crippen LogP) is 4.45. The lowest BCUT2D eigenvalue weighted by atomic mass is 10.2. The van der Waals surface area contributed by atoms with E-state index in [0.29, 0.717) is 39.2 Å². The molecule has 0 spiro atoms. The third-order valence-electron chi connectivity index (χ3n) is 3.87. The largest absolute Gasteiger partial charge is 0.492 e. The van der Waals surface area contributed by atoms with Crippen LogP contribution in [-0.4, -0.2) is 30.1 Å². The van der Waals surface area contributed by atoms with E-state index < -0.39 is 18.5 Å². The molecule has 1 N–H and O–H groups in total. The van der Waals surface area contributed by atoms with Crippen molar-refractivity contribution in [1.29, 1.82) is 0 Å². The molecule has 0 unspecified atom stereocenters. The second-order valence-electron chi connectivity index (χ2n) is 5.99. The number of carbonyl (C=O) groups excluding carboxylic acids is 2. The van der Waals surface area contributed by atoms with Crippen LogP contribution < -0.4 is 10.1 Å². The molecule has 1 aromatic heterocycles. The second kappa shape index (κ2) is 9.29. The number of amides is 1. The van der Waals surface area contributed by atoms with E-state index in [9.17, 15) is 14.0 Å². The Labute approximate surface area is 171 Å². The van der Waals surface area contributed by atoms with Gasteiger partial charge in [0.25, 0.3) is 5.91 Å². The van der Waals surface area contributed by atoms with Gasteiger partial charge in [0, 0.05) is 5.56 Å². The maximum Gasteiger partial charge on any atom is 0.350 e. The van der Waals surface area contributed by atoms with Crippen LogP contribution in [0.5, 0.6) is 5.75 Å². The van der Waals surface area contributed by atoms with Crippen molar-refractivity contribution in [3.8, 4) is 16.3 Å². The minimum Gasteiger partial charge on any atom is -0.492 e. The van der Waals surface area contributed by atoms with Gasteiger partial charge in [-0.15, -0.1) is 11.3 Å². The van der Waals surface area contributed by atoms with Crippen LogP contribution in [0.4, 0.5) is 10.1 Å². The maximum absolute atomic E-state index is 13.1. The Kier molecular flexibility index (Phi) is 6.56. The molecule has 0 saturated heterocycles. The molecule has 150 valence electrons. The Morgan fingerprint density at radius 1 is 1.14 bits per heavy atom. The third-order valence-corrected chi connectivity index (χ3v) is 5.06. The van der Waals surface area contributed by atoms with E-state index in [2.05, 4.69) is 10.3 Å². The molecule has 0 radical (unpaired) electrons. The zero-order chi connectivity index (χ0) is 20.8. The topological polar surface area (TPSA) is 77.5 Å². The Hall–Kier alpha value is -3.26. The van der Waals surface area contributed by atoms with Gasteiger partial charge in [0.2, 0.25) is 0 Å². The number of para-hydroxylation sites is 2. The SMILES string of the molecule is CCOc1ccccc1NC(=O)COC(=O)c1sc(-c2ccc(F)cc2)nc1C. The van der Waals surface area contributed by atoms with Gasteiger partial charge >= 0.3 is 5.97 Å². The van der Waals surface area contributed by atoms with E-state index in [0.717, 1.165) is 11.3 Å². The third kappa shape index (κ3) is 5.17. The number of carbonyl (C=O) groups is 2. The summed E-state index contributed by atoms with van der Waals surface area (Å²) in [4.78, 5) is 29.2. The number of hydrogen-bond acceptors (Lipinski definition) is 6. The summed E-state index contributed by atoms with van der Waals surface area (Å²) >= 11 is 1.13. The lowest BCUT2D eigenvalue weighted by molar-refractivity contribution is -0.119. The van der Waals surface area contributed by atoms with Crippen molar-refractivity contribution in [3.63, 3.8) is 0 Å². The number of hydrogen-bond donors (Lipinski definition) is 1. The van der Waals surface area contributed by atoms with Crippen LogP contribution in [0.3, 0.4) is 0 Å². The van der Waals surface area contributed by atoms with E-state index in [4.69, 9.17) is 9.47 Å². The summed E-state index contributed by atoms with van der Waals surface area (Å²) < 4.78 is 23.7. The van der Waals surface area contributed by atoms with E-state index in [1.807, 2.05) is 6.92 Å². The lowest BCUT2D eigenvalue weighted by Crippen LogP contribution is -2.21. The quantitative estimate of drug-likeness (QED) is 0.578. The highest BCUT2D eigenvalue weighted by atomic mass is 32.1. The first-order chi connectivity index (χ1) is 14.0. The van der Waals surface area contributed by atoms with E-state index >= 15 is 0 Å². The number of halogens is 1. The first-order valence-electron chi connectivity index (χ1n) is 8.90. The van der Waals surface area contributed by atoms with Crippen LogP contribution >= 0.6 is 11.3 Å². The number of rotatable bonds is 7. The fraction of sp³-hybridized carbons (Fsp3) is 0.190. The van der Waals surface area contributed by atoms with Gasteiger partial charge in [0.1, 0.15) is 21.5 Å². The Morgan fingerprint density at radius 2 is 1.86 bits per heavy atom. The van der Waals surface area contributed by atoms with Crippen molar-refractivity contribution in [1.82, 2.24) is 4.98 Å². The summed E-state index contributed by atoms with van der Waals surface area (Å²) in [6.45, 7) is 3.54. The molecule has 0 fully saturated rings. The van der Waals surface area contributed by atoms with E-state index in [1.165, 1.54) is 12.1 Å². The number of ether oxygens (including phenoxy) is 2. The van der Waals surface area contributed by atoms with Gasteiger partial charge in [-0.25, -0.2) is 14.2 Å². The molecule has 1 heterocycles. The van der Waals surface area contributed by atoms with Crippen molar-refractivity contribution < 1.29 is 23.5 Å². The second-order valence-corrected chi connectivity index (χ2v) is 6.99. The number of esters is 1. The molecule has 6 nitrogen and oxygen atoms in total. The molecule has 8 heteroatoms. The Balaban J connectivity index is 1.62. The Bertz CT molecular complexity index is 1020. The van der Waals surface area contributed by atoms with Crippen LogP contribution in [-0.2, 0) is 9.53 Å². The predicted molar refractivity (Wildman–Crippen MR) is 109 cm³/mol. The number of benzene rings is 2. The van der Waals surface area contributed by atoms with Crippen molar-refractivity contribution >= 4 is 28.9 Å². The zero-order valence-corrected chi connectivity index (χ0v) is 16.7. The van der Waals surface area contributed by atoms with Gasteiger partial charge in [-0.3, -0.25) is 4.79 Å². The number of nitrogens with zero attached hydrogens (tertiary/aromatic N) is 1. The van der Waals surface area contributed by atoms with Crippen LogP contribution in [0, 0.1) is 12.7 Å². The number of aryl methyl sites for hydroxylation is 1. The van der Waals surface area contributed by atoms with Crippen LogP contribution in [0.15, 0.2) is 48.5 Å². The average molecular weight is 414 g/mol. The van der Waals surface area contributed by atoms with Gasteiger partial charge < -0.3 is 14.8 Å². The summed E-state index contributed by atoms with van der Waals surface area (Å²) in [5.41, 5.74) is 1.69. The first kappa shape index (κ1) is 20.5. The first-order valence-corrected chi connectivity index (χ1v) is 9.71. The Morgan fingerprint density at radius 3 is 2.59 bits per heavy atom. The van der Waals surface area contributed by atoms with Crippen molar-refractivity contribution in [3.05, 3.63) is 64.9 Å². The van der Waals surface area contributed by atoms with Crippen molar-refractivity contribution in [2.75, 3.05) is 18.5 Å². The molecular weight excluding hydrogens is 395 g/mol. The van der Waals surface area contributed by atoms with Gasteiger partial charge in [-0.2, -0.15) is 0 Å². The van der Waals surface area contributed by atoms with E-state index in [-0.39, 0.29) is 5.82 Å². The molecular formula is C21H19FN2O4S. The number of anilines is 1. The molecule has 3 rings (SSSR count). The van der Waals surface area contributed by atoms with Crippen LogP contribution in [0.2, 0.25) is 0 Å². The lowest BCUT2D eigenvalue weighted by Gasteiger charge is -2.11. The van der Waals surface area contributed by atoms with Crippen LogP contribution in [0.1, 0.15) is 22.3 Å². The smallest absolute Gasteiger partial charge is 0.350 e. The van der Waals surface area contributed by atoms with Gasteiger partial charge in [0.15, 0.2) is 6.61 Å². The van der Waals surface area contributed by atoms with Crippen LogP contribution in [0.25, 0.3) is 10.6 Å². The monoisotopic (exact) mass is 414 g/mol. The fourth-order valence-electron chi connectivity index (χ4n) is 2.54. The summed E-state index contributed by atoms with van der Waals surface area (Å²) in [5, 5.41) is 3.24.